The molecule has 140 valence electrons. The molecular formula is C19H19N3O5. The van der Waals surface area contributed by atoms with E-state index in [0.29, 0.717) is 13.0 Å². The third-order valence-electron chi connectivity index (χ3n) is 4.72. The van der Waals surface area contributed by atoms with Gasteiger partial charge in [-0.15, -0.1) is 0 Å². The molecule has 3 rings (SSSR count). The molecule has 2 aromatic carbocycles. The van der Waals surface area contributed by atoms with Crippen molar-refractivity contribution in [1.82, 2.24) is 4.90 Å². The number of hydrogen-bond donors (Lipinski definition) is 1. The number of nitro benzene ring substituents is 1. The van der Waals surface area contributed by atoms with E-state index in [9.17, 15) is 24.8 Å². The van der Waals surface area contributed by atoms with E-state index in [1.807, 2.05) is 30.3 Å². The van der Waals surface area contributed by atoms with Crippen molar-refractivity contribution >= 4 is 23.2 Å². The van der Waals surface area contributed by atoms with Gasteiger partial charge in [-0.25, -0.2) is 0 Å². The average molecular weight is 369 g/mol. The SMILES string of the molecule is CN(C(=O)[C@@H]1CCN(C(=O)c2ccc([N+](=O)[O-])c(O)c2)C1)c1ccccc1. The summed E-state index contributed by atoms with van der Waals surface area (Å²) in [5.41, 5.74) is 0.487. The lowest BCUT2D eigenvalue weighted by molar-refractivity contribution is -0.385. The normalized spacial score (nSPS) is 16.2. The maximum atomic E-state index is 12.7. The Hall–Kier alpha value is -3.42. The van der Waals surface area contributed by atoms with Crippen LogP contribution in [0.1, 0.15) is 16.8 Å². The number of phenolic OH excluding ortho intramolecular Hbond substituents is 1. The summed E-state index contributed by atoms with van der Waals surface area (Å²) in [5.74, 6) is -1.30. The molecule has 0 aliphatic carbocycles. The number of rotatable bonds is 4. The molecule has 0 spiro atoms. The monoisotopic (exact) mass is 369 g/mol. The number of amides is 2. The molecule has 1 saturated heterocycles. The molecule has 2 aromatic rings. The minimum atomic E-state index is -0.715. The van der Waals surface area contributed by atoms with Gasteiger partial charge < -0.3 is 14.9 Å². The molecule has 1 aliphatic heterocycles. The summed E-state index contributed by atoms with van der Waals surface area (Å²) in [6.07, 6.45) is 0.542. The minimum Gasteiger partial charge on any atom is -0.502 e. The predicted molar refractivity (Wildman–Crippen MR) is 98.6 cm³/mol. The molecule has 0 radical (unpaired) electrons. The lowest BCUT2D eigenvalue weighted by atomic mass is 10.1. The molecule has 0 aromatic heterocycles. The van der Waals surface area contributed by atoms with Crippen LogP contribution in [0.15, 0.2) is 48.5 Å². The van der Waals surface area contributed by atoms with Crippen molar-refractivity contribution in [3.8, 4) is 5.75 Å². The molecule has 1 atom stereocenters. The van der Waals surface area contributed by atoms with E-state index in [2.05, 4.69) is 0 Å². The quantitative estimate of drug-likeness (QED) is 0.658. The molecule has 27 heavy (non-hydrogen) atoms. The van der Waals surface area contributed by atoms with Crippen LogP contribution >= 0.6 is 0 Å². The number of nitro groups is 1. The van der Waals surface area contributed by atoms with Gasteiger partial charge in [-0.1, -0.05) is 18.2 Å². The molecule has 2 amide bonds. The number of aromatic hydroxyl groups is 1. The first-order valence-electron chi connectivity index (χ1n) is 8.47. The minimum absolute atomic E-state index is 0.0666. The van der Waals surface area contributed by atoms with Gasteiger partial charge in [-0.2, -0.15) is 0 Å². The number of likely N-dealkylation sites (tertiary alicyclic amines) is 1. The highest BCUT2D eigenvalue weighted by Gasteiger charge is 2.33. The van der Waals surface area contributed by atoms with E-state index in [1.54, 1.807) is 11.9 Å². The molecule has 0 bridgehead atoms. The van der Waals surface area contributed by atoms with Crippen molar-refractivity contribution in [3.63, 3.8) is 0 Å². The van der Waals surface area contributed by atoms with Gasteiger partial charge in [0.25, 0.3) is 5.91 Å². The first kappa shape index (κ1) is 18.4. The second-order valence-corrected chi connectivity index (χ2v) is 6.43. The summed E-state index contributed by atoms with van der Waals surface area (Å²) >= 11 is 0. The van der Waals surface area contributed by atoms with Gasteiger partial charge in [0.05, 0.1) is 10.8 Å². The van der Waals surface area contributed by atoms with Crippen LogP contribution in [0.25, 0.3) is 0 Å². The van der Waals surface area contributed by atoms with Crippen LogP contribution in [0.5, 0.6) is 5.75 Å². The number of nitrogens with zero attached hydrogens (tertiary/aromatic N) is 3. The van der Waals surface area contributed by atoms with Crippen LogP contribution in [0, 0.1) is 16.0 Å². The van der Waals surface area contributed by atoms with Crippen molar-refractivity contribution in [1.29, 1.82) is 0 Å². The molecule has 8 heteroatoms. The van der Waals surface area contributed by atoms with Crippen molar-refractivity contribution in [2.45, 2.75) is 6.42 Å². The summed E-state index contributed by atoms with van der Waals surface area (Å²) in [6.45, 7) is 0.683. The van der Waals surface area contributed by atoms with E-state index in [-0.39, 0.29) is 29.8 Å². The van der Waals surface area contributed by atoms with Gasteiger partial charge in [0.15, 0.2) is 5.75 Å². The van der Waals surface area contributed by atoms with Gasteiger partial charge in [-0.3, -0.25) is 19.7 Å². The van der Waals surface area contributed by atoms with Gasteiger partial charge in [0, 0.05) is 37.5 Å². The predicted octanol–water partition coefficient (Wildman–Crippen LogP) is 2.43. The van der Waals surface area contributed by atoms with E-state index >= 15 is 0 Å². The van der Waals surface area contributed by atoms with Gasteiger partial charge in [0.2, 0.25) is 5.91 Å². The third kappa shape index (κ3) is 3.74. The van der Waals surface area contributed by atoms with E-state index < -0.39 is 16.4 Å². The fraction of sp³-hybridized carbons (Fsp3) is 0.263. The Morgan fingerprint density at radius 1 is 1.22 bits per heavy atom. The van der Waals surface area contributed by atoms with Crippen molar-refractivity contribution in [3.05, 3.63) is 64.2 Å². The zero-order chi connectivity index (χ0) is 19.6. The average Bonchev–Trinajstić information content (AvgIpc) is 3.16. The smallest absolute Gasteiger partial charge is 0.310 e. The lowest BCUT2D eigenvalue weighted by Crippen LogP contribution is -2.36. The standard InChI is InChI=1S/C19H19N3O5/c1-20(15-5-3-2-4-6-15)18(24)14-9-10-21(12-14)19(25)13-7-8-16(22(26)27)17(23)11-13/h2-8,11,14,23H,9-10,12H2,1H3/t14-/m1/s1. The van der Waals surface area contributed by atoms with Crippen LogP contribution < -0.4 is 4.90 Å². The maximum Gasteiger partial charge on any atom is 0.310 e. The number of phenols is 1. The second kappa shape index (κ2) is 7.45. The zero-order valence-electron chi connectivity index (χ0n) is 14.7. The number of carbonyl (C=O) groups excluding carboxylic acids is 2. The number of hydrogen-bond acceptors (Lipinski definition) is 5. The van der Waals surface area contributed by atoms with Gasteiger partial charge in [0.1, 0.15) is 0 Å². The topological polar surface area (TPSA) is 104 Å². The first-order valence-corrected chi connectivity index (χ1v) is 8.47. The van der Waals surface area contributed by atoms with E-state index in [1.165, 1.54) is 11.0 Å². The zero-order valence-corrected chi connectivity index (χ0v) is 14.7. The highest BCUT2D eigenvalue weighted by atomic mass is 16.6. The number of benzene rings is 2. The van der Waals surface area contributed by atoms with E-state index in [4.69, 9.17) is 0 Å². The summed E-state index contributed by atoms with van der Waals surface area (Å²) < 4.78 is 0. The highest BCUT2D eigenvalue weighted by molar-refractivity contribution is 5.98. The van der Waals surface area contributed by atoms with Gasteiger partial charge >= 0.3 is 5.69 Å². The van der Waals surface area contributed by atoms with Crippen molar-refractivity contribution < 1.29 is 19.6 Å². The molecule has 1 heterocycles. The Morgan fingerprint density at radius 3 is 2.56 bits per heavy atom. The Bertz CT molecular complexity index is 884. The van der Waals surface area contributed by atoms with Gasteiger partial charge in [-0.05, 0) is 30.7 Å². The Morgan fingerprint density at radius 2 is 1.93 bits per heavy atom. The first-order chi connectivity index (χ1) is 12.9. The summed E-state index contributed by atoms with van der Waals surface area (Å²) in [7, 11) is 1.70. The van der Waals surface area contributed by atoms with E-state index in [0.717, 1.165) is 17.8 Å². The van der Waals surface area contributed by atoms with Crippen LogP contribution in [0.4, 0.5) is 11.4 Å². The van der Waals surface area contributed by atoms with Crippen LogP contribution in [-0.4, -0.2) is 46.9 Å². The molecule has 1 aliphatic rings. The summed E-state index contributed by atoms with van der Waals surface area (Å²) in [5, 5.41) is 20.5. The highest BCUT2D eigenvalue weighted by Crippen LogP contribution is 2.28. The molecule has 1 fully saturated rings. The van der Waals surface area contributed by atoms with Crippen LogP contribution in [0.2, 0.25) is 0 Å². The molecule has 0 unspecified atom stereocenters. The Labute approximate surface area is 155 Å². The summed E-state index contributed by atoms with van der Waals surface area (Å²) in [6, 6.07) is 12.8. The second-order valence-electron chi connectivity index (χ2n) is 6.43. The molecular weight excluding hydrogens is 350 g/mol. The number of anilines is 1. The molecule has 1 N–H and O–H groups in total. The van der Waals surface area contributed by atoms with Crippen molar-refractivity contribution in [2.75, 3.05) is 25.0 Å². The van der Waals surface area contributed by atoms with Crippen LogP contribution in [0.3, 0.4) is 0 Å². The Kier molecular flexibility index (Phi) is 5.07. The van der Waals surface area contributed by atoms with Crippen molar-refractivity contribution in [2.24, 2.45) is 5.92 Å². The summed E-state index contributed by atoms with van der Waals surface area (Å²) in [4.78, 5) is 38.5. The number of carbonyl (C=O) groups is 2. The van der Waals surface area contributed by atoms with Crippen LogP contribution in [-0.2, 0) is 4.79 Å². The largest absolute Gasteiger partial charge is 0.502 e. The maximum absolute atomic E-state index is 12.7. The fourth-order valence-electron chi connectivity index (χ4n) is 3.19. The molecule has 0 saturated carbocycles. The number of para-hydroxylation sites is 1. The third-order valence-corrected chi connectivity index (χ3v) is 4.72. The fourth-order valence-corrected chi connectivity index (χ4v) is 3.19. The Balaban J connectivity index is 1.68. The molecule has 8 nitrogen and oxygen atoms in total. The lowest BCUT2D eigenvalue weighted by Gasteiger charge is -2.21.